The largest absolute Gasteiger partial charge is 0.756 e. The number of hydrogen-bond donors (Lipinski definition) is 0. The summed E-state index contributed by atoms with van der Waals surface area (Å²) >= 11 is 0. The zero-order chi connectivity index (χ0) is 44.3. The number of rotatable bonds is 46. The Hall–Kier alpha value is -1.51. The number of allylic oxidation sites excluding steroid dienone is 4. The number of quaternary nitrogens is 1. The van der Waals surface area contributed by atoms with Gasteiger partial charge in [-0.3, -0.25) is 14.2 Å². The van der Waals surface area contributed by atoms with Gasteiger partial charge in [-0.15, -0.1) is 0 Å². The lowest BCUT2D eigenvalue weighted by molar-refractivity contribution is -0.870. The minimum absolute atomic E-state index is 0.0342. The summed E-state index contributed by atoms with van der Waals surface area (Å²) < 4.78 is 33.9. The molecule has 0 aliphatic carbocycles. The molecule has 2 atom stereocenters. The molecule has 0 N–H and O–H groups in total. The summed E-state index contributed by atoms with van der Waals surface area (Å²) in [6.07, 6.45) is 48.0. The minimum atomic E-state index is -4.63. The van der Waals surface area contributed by atoms with Crippen molar-refractivity contribution in [3.8, 4) is 0 Å². The first-order valence-corrected chi connectivity index (χ1v) is 26.5. The van der Waals surface area contributed by atoms with Crippen LogP contribution < -0.4 is 4.89 Å². The lowest BCUT2D eigenvalue weighted by Crippen LogP contribution is -2.37. The van der Waals surface area contributed by atoms with E-state index in [4.69, 9.17) is 18.5 Å². The molecular formula is C50H96NO8P. The van der Waals surface area contributed by atoms with E-state index in [0.717, 1.165) is 44.9 Å². The molecule has 10 heteroatoms. The highest BCUT2D eigenvalue weighted by atomic mass is 31.2. The van der Waals surface area contributed by atoms with Crippen LogP contribution in [0.2, 0.25) is 0 Å². The molecule has 0 aliphatic rings. The van der Waals surface area contributed by atoms with E-state index in [-0.39, 0.29) is 26.1 Å². The van der Waals surface area contributed by atoms with Gasteiger partial charge >= 0.3 is 11.9 Å². The molecule has 0 heterocycles. The number of esters is 2. The third-order valence-electron chi connectivity index (χ3n) is 11.0. The third kappa shape index (κ3) is 46.0. The molecule has 354 valence electrons. The number of phosphoric ester groups is 1. The monoisotopic (exact) mass is 870 g/mol. The van der Waals surface area contributed by atoms with Gasteiger partial charge in [0.15, 0.2) is 6.10 Å². The van der Waals surface area contributed by atoms with Crippen molar-refractivity contribution >= 4 is 19.8 Å². The van der Waals surface area contributed by atoms with Crippen LogP contribution in [-0.2, 0) is 32.7 Å². The summed E-state index contributed by atoms with van der Waals surface area (Å²) in [6, 6.07) is 0. The summed E-state index contributed by atoms with van der Waals surface area (Å²) in [5.74, 6) is -0.874. The summed E-state index contributed by atoms with van der Waals surface area (Å²) in [5.41, 5.74) is 0. The fraction of sp³-hybridized carbons (Fsp3) is 0.880. The van der Waals surface area contributed by atoms with Crippen molar-refractivity contribution in [2.24, 2.45) is 0 Å². The van der Waals surface area contributed by atoms with Crippen molar-refractivity contribution in [1.29, 1.82) is 0 Å². The smallest absolute Gasteiger partial charge is 0.306 e. The van der Waals surface area contributed by atoms with Crippen LogP contribution in [0.15, 0.2) is 24.3 Å². The highest BCUT2D eigenvalue weighted by Gasteiger charge is 2.21. The van der Waals surface area contributed by atoms with Crippen LogP contribution >= 0.6 is 7.82 Å². The number of likely N-dealkylation sites (N-methyl/N-ethyl adjacent to an activating group) is 1. The first-order chi connectivity index (χ1) is 29.0. The van der Waals surface area contributed by atoms with E-state index in [1.165, 1.54) is 148 Å². The van der Waals surface area contributed by atoms with Gasteiger partial charge in [0.2, 0.25) is 0 Å². The lowest BCUT2D eigenvalue weighted by Gasteiger charge is -2.28. The molecule has 9 nitrogen and oxygen atoms in total. The molecule has 0 fully saturated rings. The van der Waals surface area contributed by atoms with Crippen molar-refractivity contribution in [3.05, 3.63) is 24.3 Å². The van der Waals surface area contributed by atoms with Crippen molar-refractivity contribution in [2.75, 3.05) is 47.5 Å². The Labute approximate surface area is 370 Å². The summed E-state index contributed by atoms with van der Waals surface area (Å²) in [6.45, 7) is 4.22. The van der Waals surface area contributed by atoms with Crippen LogP contribution in [0.3, 0.4) is 0 Å². The first kappa shape index (κ1) is 58.5. The van der Waals surface area contributed by atoms with Gasteiger partial charge in [0.25, 0.3) is 7.82 Å². The van der Waals surface area contributed by atoms with Gasteiger partial charge in [0.05, 0.1) is 27.7 Å². The van der Waals surface area contributed by atoms with Gasteiger partial charge in [-0.1, -0.05) is 199 Å². The fourth-order valence-corrected chi connectivity index (χ4v) is 7.76. The molecule has 0 aromatic rings. The number of hydrogen-bond acceptors (Lipinski definition) is 8. The molecule has 0 radical (unpaired) electrons. The van der Waals surface area contributed by atoms with Crippen LogP contribution in [0.1, 0.15) is 232 Å². The van der Waals surface area contributed by atoms with Crippen molar-refractivity contribution in [1.82, 2.24) is 0 Å². The number of nitrogens with zero attached hydrogens (tertiary/aromatic N) is 1. The van der Waals surface area contributed by atoms with E-state index < -0.39 is 32.5 Å². The predicted molar refractivity (Wildman–Crippen MR) is 250 cm³/mol. The maximum atomic E-state index is 12.7. The molecule has 0 saturated heterocycles. The topological polar surface area (TPSA) is 111 Å². The fourth-order valence-electron chi connectivity index (χ4n) is 7.03. The Bertz CT molecular complexity index is 1070. The van der Waals surface area contributed by atoms with E-state index >= 15 is 0 Å². The van der Waals surface area contributed by atoms with Crippen LogP contribution in [0.25, 0.3) is 0 Å². The minimum Gasteiger partial charge on any atom is -0.756 e. The molecule has 0 rings (SSSR count). The average Bonchev–Trinajstić information content (AvgIpc) is 3.20. The van der Waals surface area contributed by atoms with Gasteiger partial charge in [-0.2, -0.15) is 0 Å². The zero-order valence-corrected chi connectivity index (χ0v) is 40.8. The van der Waals surface area contributed by atoms with Crippen LogP contribution in [-0.4, -0.2) is 70.0 Å². The normalized spacial score (nSPS) is 13.6. The van der Waals surface area contributed by atoms with Gasteiger partial charge in [0, 0.05) is 12.8 Å². The van der Waals surface area contributed by atoms with E-state index in [0.29, 0.717) is 23.9 Å². The third-order valence-corrected chi connectivity index (χ3v) is 11.9. The van der Waals surface area contributed by atoms with Crippen LogP contribution in [0.5, 0.6) is 0 Å². The number of carbonyl (C=O) groups excluding carboxylic acids is 2. The lowest BCUT2D eigenvalue weighted by atomic mass is 10.0. The molecule has 60 heavy (non-hydrogen) atoms. The number of ether oxygens (including phenoxy) is 2. The SMILES string of the molecule is CCCCCCCCCCCCCCCC/C=C/CC/C=C/CCCC(=O)OC[C@@H](COP(=O)([O-])OCC[N+](C)(C)C)OC(=O)CCCCCCCCCCCCCCC. The predicted octanol–water partition coefficient (Wildman–Crippen LogP) is 14.1. The van der Waals surface area contributed by atoms with Gasteiger partial charge in [-0.25, -0.2) is 0 Å². The highest BCUT2D eigenvalue weighted by molar-refractivity contribution is 7.45. The Kier molecular flexibility index (Phi) is 41.7. The second-order valence-corrected chi connectivity index (χ2v) is 19.6. The Balaban J connectivity index is 4.25. The van der Waals surface area contributed by atoms with E-state index in [9.17, 15) is 19.0 Å². The van der Waals surface area contributed by atoms with Gasteiger partial charge < -0.3 is 27.9 Å². The van der Waals surface area contributed by atoms with E-state index in [1.807, 2.05) is 21.1 Å². The zero-order valence-electron chi connectivity index (χ0n) is 39.9. The quantitative estimate of drug-likeness (QED) is 0.0195. The standard InChI is InChI=1S/C50H96NO8P/c1-6-8-10-12-14-16-18-20-21-22-23-24-25-26-27-28-29-31-32-34-36-38-40-42-49(52)56-46-48(47-58-60(54,55)57-45-44-51(3,4)5)59-50(53)43-41-39-37-35-33-30-19-17-15-13-11-9-7-2/h28-29,34,36,48H,6-27,30-33,35,37-47H2,1-5H3/b29-28+,36-34+/t48-/m0/s1. The van der Waals surface area contributed by atoms with Crippen LogP contribution in [0, 0.1) is 0 Å². The first-order valence-electron chi connectivity index (χ1n) is 25.0. The highest BCUT2D eigenvalue weighted by Crippen LogP contribution is 2.38. The number of phosphoric acid groups is 1. The van der Waals surface area contributed by atoms with Crippen molar-refractivity contribution < 1.29 is 42.1 Å². The Morgan fingerprint density at radius 3 is 1.33 bits per heavy atom. The van der Waals surface area contributed by atoms with Crippen molar-refractivity contribution in [2.45, 2.75) is 238 Å². The maximum absolute atomic E-state index is 12.7. The summed E-state index contributed by atoms with van der Waals surface area (Å²) in [5, 5.41) is 0. The van der Waals surface area contributed by atoms with Crippen LogP contribution in [0.4, 0.5) is 0 Å². The van der Waals surface area contributed by atoms with Gasteiger partial charge in [0.1, 0.15) is 19.8 Å². The van der Waals surface area contributed by atoms with E-state index in [2.05, 4.69) is 38.2 Å². The molecule has 0 bridgehead atoms. The summed E-state index contributed by atoms with van der Waals surface area (Å²) in [7, 11) is 1.16. The molecule has 0 aromatic carbocycles. The second-order valence-electron chi connectivity index (χ2n) is 18.2. The molecule has 0 saturated carbocycles. The molecular weight excluding hydrogens is 774 g/mol. The summed E-state index contributed by atoms with van der Waals surface area (Å²) in [4.78, 5) is 37.6. The average molecular weight is 870 g/mol. The molecule has 1 unspecified atom stereocenters. The molecule has 0 aromatic heterocycles. The second kappa shape index (κ2) is 42.8. The van der Waals surface area contributed by atoms with Crippen molar-refractivity contribution in [3.63, 3.8) is 0 Å². The maximum Gasteiger partial charge on any atom is 0.306 e. The molecule has 0 aliphatic heterocycles. The number of unbranched alkanes of at least 4 members (excludes halogenated alkanes) is 28. The number of carbonyl (C=O) groups is 2. The molecule has 0 spiro atoms. The van der Waals surface area contributed by atoms with E-state index in [1.54, 1.807) is 0 Å². The van der Waals surface area contributed by atoms with Gasteiger partial charge in [-0.05, 0) is 44.9 Å². The molecule has 0 amide bonds. The Morgan fingerprint density at radius 1 is 0.500 bits per heavy atom. The Morgan fingerprint density at radius 2 is 0.883 bits per heavy atom.